The summed E-state index contributed by atoms with van der Waals surface area (Å²) in [5, 5.41) is 5.81. The molecule has 2 rings (SSSR count). The molecule has 1 N–H and O–H groups in total. The van der Waals surface area contributed by atoms with Crippen molar-refractivity contribution in [3.05, 3.63) is 23.3 Å². The summed E-state index contributed by atoms with van der Waals surface area (Å²) in [6.45, 7) is 1.86. The minimum absolute atomic E-state index is 0.716. The van der Waals surface area contributed by atoms with Gasteiger partial charge in [0.25, 0.3) is 0 Å². The van der Waals surface area contributed by atoms with Gasteiger partial charge in [0.2, 0.25) is 0 Å². The highest BCUT2D eigenvalue weighted by atomic mass is 32.2. The number of thiophene rings is 1. The van der Waals surface area contributed by atoms with E-state index in [0.717, 1.165) is 15.7 Å². The van der Waals surface area contributed by atoms with Crippen LogP contribution in [0.4, 0.5) is 5.82 Å². The standard InChI is InChI=1S/C9H10N2O2S2/c1-6-5-8(10-13-6)11-15-9-7(12-2)3-4-14-9/h3-5H,1-2H3,(H,10,11). The monoisotopic (exact) mass is 242 g/mol. The van der Waals surface area contributed by atoms with Gasteiger partial charge in [-0.25, -0.2) is 0 Å². The molecule has 2 aromatic heterocycles. The lowest BCUT2D eigenvalue weighted by Crippen LogP contribution is -1.86. The van der Waals surface area contributed by atoms with Crippen LogP contribution < -0.4 is 9.46 Å². The van der Waals surface area contributed by atoms with Crippen LogP contribution in [0.3, 0.4) is 0 Å². The molecule has 0 atom stereocenters. The zero-order valence-electron chi connectivity index (χ0n) is 8.31. The maximum atomic E-state index is 5.18. The molecular weight excluding hydrogens is 232 g/mol. The predicted molar refractivity (Wildman–Crippen MR) is 61.6 cm³/mol. The van der Waals surface area contributed by atoms with Crippen molar-refractivity contribution >= 4 is 29.1 Å². The Balaban J connectivity index is 1.98. The summed E-state index contributed by atoms with van der Waals surface area (Å²) in [5.41, 5.74) is 0. The summed E-state index contributed by atoms with van der Waals surface area (Å²) in [7, 11) is 1.66. The molecule has 6 heteroatoms. The van der Waals surface area contributed by atoms with Crippen LogP contribution in [0.5, 0.6) is 5.75 Å². The predicted octanol–water partition coefficient (Wildman–Crippen LogP) is 3.17. The van der Waals surface area contributed by atoms with Crippen molar-refractivity contribution in [2.45, 2.75) is 11.1 Å². The molecule has 0 aromatic carbocycles. The lowest BCUT2D eigenvalue weighted by Gasteiger charge is -2.01. The van der Waals surface area contributed by atoms with Crippen LogP contribution in [-0.4, -0.2) is 12.3 Å². The highest BCUT2D eigenvalue weighted by Gasteiger charge is 2.06. The van der Waals surface area contributed by atoms with Crippen LogP contribution in [0.25, 0.3) is 0 Å². The van der Waals surface area contributed by atoms with Crippen LogP contribution in [0.15, 0.2) is 26.2 Å². The Hall–Kier alpha value is -1.14. The molecule has 2 aromatic rings. The first kappa shape index (κ1) is 10.4. The van der Waals surface area contributed by atoms with Crippen molar-refractivity contribution in [2.75, 3.05) is 11.8 Å². The molecule has 4 nitrogen and oxygen atoms in total. The third kappa shape index (κ3) is 2.45. The van der Waals surface area contributed by atoms with Gasteiger partial charge in [-0.05, 0) is 18.4 Å². The second-order valence-corrected chi connectivity index (χ2v) is 4.79. The molecule has 0 saturated carbocycles. The number of methoxy groups -OCH3 is 1. The average molecular weight is 242 g/mol. The minimum atomic E-state index is 0.716. The van der Waals surface area contributed by atoms with Gasteiger partial charge < -0.3 is 14.0 Å². The van der Waals surface area contributed by atoms with Crippen molar-refractivity contribution in [3.63, 3.8) is 0 Å². The SMILES string of the molecule is COc1ccsc1SNc1cc(C)on1. The third-order valence-electron chi connectivity index (χ3n) is 1.69. The molecule has 15 heavy (non-hydrogen) atoms. The molecule has 0 aliphatic heterocycles. The van der Waals surface area contributed by atoms with Gasteiger partial charge in [0, 0.05) is 18.0 Å². The molecule has 80 valence electrons. The molecule has 0 spiro atoms. The third-order valence-corrected chi connectivity index (χ3v) is 3.62. The normalized spacial score (nSPS) is 10.3. The molecule has 0 unspecified atom stereocenters. The van der Waals surface area contributed by atoms with Crippen molar-refractivity contribution in [1.29, 1.82) is 0 Å². The van der Waals surface area contributed by atoms with Gasteiger partial charge in [-0.3, -0.25) is 0 Å². The number of aromatic nitrogens is 1. The summed E-state index contributed by atoms with van der Waals surface area (Å²) in [6.07, 6.45) is 0. The van der Waals surface area contributed by atoms with E-state index in [1.165, 1.54) is 11.9 Å². The summed E-state index contributed by atoms with van der Waals surface area (Å²) >= 11 is 3.08. The second kappa shape index (κ2) is 4.59. The highest BCUT2D eigenvalue weighted by molar-refractivity contribution is 8.02. The molecule has 0 aliphatic rings. The fourth-order valence-corrected chi connectivity index (χ4v) is 2.63. The first-order valence-electron chi connectivity index (χ1n) is 4.27. The van der Waals surface area contributed by atoms with Gasteiger partial charge in [0.05, 0.1) is 7.11 Å². The quantitative estimate of drug-likeness (QED) is 0.834. The number of anilines is 1. The van der Waals surface area contributed by atoms with Crippen LogP contribution in [0, 0.1) is 6.92 Å². The van der Waals surface area contributed by atoms with E-state index in [1.54, 1.807) is 18.4 Å². The zero-order valence-corrected chi connectivity index (χ0v) is 9.95. The van der Waals surface area contributed by atoms with Crippen LogP contribution in [0.2, 0.25) is 0 Å². The largest absolute Gasteiger partial charge is 0.495 e. The van der Waals surface area contributed by atoms with E-state index in [-0.39, 0.29) is 0 Å². The highest BCUT2D eigenvalue weighted by Crippen LogP contribution is 2.34. The molecular formula is C9H10N2O2S2. The average Bonchev–Trinajstić information content (AvgIpc) is 2.83. The molecule has 0 fully saturated rings. The molecule has 0 amide bonds. The first-order valence-corrected chi connectivity index (χ1v) is 5.97. The Morgan fingerprint density at radius 3 is 3.13 bits per heavy atom. The number of hydrogen-bond acceptors (Lipinski definition) is 6. The minimum Gasteiger partial charge on any atom is -0.495 e. The fourth-order valence-electron chi connectivity index (χ4n) is 1.02. The van der Waals surface area contributed by atoms with Crippen molar-refractivity contribution in [2.24, 2.45) is 0 Å². The summed E-state index contributed by atoms with van der Waals surface area (Å²) in [5.74, 6) is 2.38. The maximum absolute atomic E-state index is 5.18. The zero-order chi connectivity index (χ0) is 10.7. The number of rotatable bonds is 4. The van der Waals surface area contributed by atoms with E-state index in [0.29, 0.717) is 5.82 Å². The van der Waals surface area contributed by atoms with Crippen molar-refractivity contribution in [3.8, 4) is 5.75 Å². The molecule has 0 bridgehead atoms. The molecule has 0 aliphatic carbocycles. The summed E-state index contributed by atoms with van der Waals surface area (Å²) in [6, 6.07) is 3.77. The van der Waals surface area contributed by atoms with E-state index in [9.17, 15) is 0 Å². The van der Waals surface area contributed by atoms with E-state index < -0.39 is 0 Å². The number of nitrogens with one attached hydrogen (secondary N) is 1. The number of aryl methyl sites for hydroxylation is 1. The van der Waals surface area contributed by atoms with Crippen LogP contribution in [-0.2, 0) is 0 Å². The Morgan fingerprint density at radius 1 is 1.60 bits per heavy atom. The van der Waals surface area contributed by atoms with Gasteiger partial charge in [-0.2, -0.15) is 0 Å². The van der Waals surface area contributed by atoms with Crippen LogP contribution in [0.1, 0.15) is 5.76 Å². The number of hydrogen-bond donors (Lipinski definition) is 1. The topological polar surface area (TPSA) is 47.3 Å². The molecule has 2 heterocycles. The molecule has 0 radical (unpaired) electrons. The van der Waals surface area contributed by atoms with Gasteiger partial charge in [0.1, 0.15) is 15.7 Å². The fraction of sp³-hybridized carbons (Fsp3) is 0.222. The molecule has 0 saturated heterocycles. The van der Waals surface area contributed by atoms with E-state index in [1.807, 2.05) is 24.4 Å². The second-order valence-electron chi connectivity index (χ2n) is 2.80. The lowest BCUT2D eigenvalue weighted by atomic mass is 10.5. The number of nitrogens with zero attached hydrogens (tertiary/aromatic N) is 1. The summed E-state index contributed by atoms with van der Waals surface area (Å²) < 4.78 is 14.3. The number of ether oxygens (including phenoxy) is 1. The summed E-state index contributed by atoms with van der Waals surface area (Å²) in [4.78, 5) is 0. The van der Waals surface area contributed by atoms with E-state index in [4.69, 9.17) is 9.26 Å². The Labute approximate surface area is 95.7 Å². The van der Waals surface area contributed by atoms with Crippen molar-refractivity contribution < 1.29 is 9.26 Å². The van der Waals surface area contributed by atoms with Gasteiger partial charge >= 0.3 is 0 Å². The Morgan fingerprint density at radius 2 is 2.47 bits per heavy atom. The van der Waals surface area contributed by atoms with Gasteiger partial charge in [-0.15, -0.1) is 11.3 Å². The van der Waals surface area contributed by atoms with E-state index >= 15 is 0 Å². The van der Waals surface area contributed by atoms with Gasteiger partial charge in [0.15, 0.2) is 5.82 Å². The van der Waals surface area contributed by atoms with Crippen molar-refractivity contribution in [1.82, 2.24) is 5.16 Å². The van der Waals surface area contributed by atoms with E-state index in [2.05, 4.69) is 9.88 Å². The van der Waals surface area contributed by atoms with Crippen LogP contribution >= 0.6 is 23.3 Å². The van der Waals surface area contributed by atoms with Gasteiger partial charge in [-0.1, -0.05) is 5.16 Å². The smallest absolute Gasteiger partial charge is 0.179 e. The maximum Gasteiger partial charge on any atom is 0.179 e. The Kier molecular flexibility index (Phi) is 3.17. The first-order chi connectivity index (χ1) is 7.29. The lowest BCUT2D eigenvalue weighted by molar-refractivity contribution is 0.400. The Bertz CT molecular complexity index is 439.